The molecule has 4 nitrogen and oxygen atoms in total. The summed E-state index contributed by atoms with van der Waals surface area (Å²) in [4.78, 5) is 0. The highest BCUT2D eigenvalue weighted by atomic mass is 15.1. The zero-order valence-electron chi connectivity index (χ0n) is 17.8. The molecule has 0 amide bonds. The molecule has 2 aromatic heterocycles. The van der Waals surface area contributed by atoms with E-state index in [0.717, 1.165) is 26.1 Å². The van der Waals surface area contributed by atoms with Crippen LogP contribution in [0.1, 0.15) is 44.4 Å². The lowest BCUT2D eigenvalue weighted by Crippen LogP contribution is -2.33. The van der Waals surface area contributed by atoms with Gasteiger partial charge < -0.3 is 0 Å². The molecule has 0 atom stereocenters. The van der Waals surface area contributed by atoms with Gasteiger partial charge in [0, 0.05) is 0 Å². The van der Waals surface area contributed by atoms with E-state index in [0.29, 0.717) is 11.8 Å². The predicted molar refractivity (Wildman–Crippen MR) is 114 cm³/mol. The standard InChI is InChI=1S/C24H34N4/c1-6-25-7-8-27(18-25)16-23-12-22(11-20(2)3)13-24(14-23)17-28-10-9-26(19-28)15-21(4)5/h6-10,12-14,18-21H,1,11,15-17H2,2-5H3/q+2. The Bertz CT molecular complexity index is 914. The molecule has 28 heavy (non-hydrogen) atoms. The number of benzene rings is 1. The molecule has 0 fully saturated rings. The van der Waals surface area contributed by atoms with Gasteiger partial charge in [0.25, 0.3) is 0 Å². The molecule has 0 unspecified atom stereocenters. The number of nitrogens with zero attached hydrogens (tertiary/aromatic N) is 4. The molecule has 3 aromatic rings. The molecule has 3 rings (SSSR count). The van der Waals surface area contributed by atoms with Crippen LogP contribution in [0.5, 0.6) is 0 Å². The summed E-state index contributed by atoms with van der Waals surface area (Å²) < 4.78 is 8.73. The van der Waals surface area contributed by atoms with Gasteiger partial charge in [-0.2, -0.15) is 0 Å². The summed E-state index contributed by atoms with van der Waals surface area (Å²) >= 11 is 0. The number of imidazole rings is 2. The van der Waals surface area contributed by atoms with Crippen molar-refractivity contribution in [1.82, 2.24) is 9.13 Å². The van der Waals surface area contributed by atoms with E-state index in [1.807, 2.05) is 17.0 Å². The first-order valence-corrected chi connectivity index (χ1v) is 10.3. The molecule has 148 valence electrons. The predicted octanol–water partition coefficient (Wildman–Crippen LogP) is 3.92. The maximum absolute atomic E-state index is 3.82. The van der Waals surface area contributed by atoms with E-state index in [9.17, 15) is 0 Å². The third-order valence-corrected chi connectivity index (χ3v) is 4.73. The topological polar surface area (TPSA) is 17.6 Å². The van der Waals surface area contributed by atoms with Crippen molar-refractivity contribution in [1.29, 1.82) is 0 Å². The Labute approximate surface area is 169 Å². The quantitative estimate of drug-likeness (QED) is 0.502. The van der Waals surface area contributed by atoms with Gasteiger partial charge in [-0.1, -0.05) is 46.4 Å². The fourth-order valence-corrected chi connectivity index (χ4v) is 3.71. The Hall–Kier alpha value is -2.62. The van der Waals surface area contributed by atoms with Crippen LogP contribution >= 0.6 is 0 Å². The molecule has 0 saturated carbocycles. The Balaban J connectivity index is 1.82. The maximum atomic E-state index is 3.82. The van der Waals surface area contributed by atoms with Gasteiger partial charge >= 0.3 is 0 Å². The summed E-state index contributed by atoms with van der Waals surface area (Å²) in [5.74, 6) is 1.30. The van der Waals surface area contributed by atoms with Crippen molar-refractivity contribution in [2.75, 3.05) is 0 Å². The smallest absolute Gasteiger partial charge is 0.237 e. The van der Waals surface area contributed by atoms with E-state index >= 15 is 0 Å². The molecule has 0 radical (unpaired) electrons. The second-order valence-corrected chi connectivity index (χ2v) is 8.65. The first kappa shape index (κ1) is 20.1. The number of aromatic nitrogens is 4. The van der Waals surface area contributed by atoms with Crippen LogP contribution in [-0.2, 0) is 26.1 Å². The average Bonchev–Trinajstić information content (AvgIpc) is 3.23. The van der Waals surface area contributed by atoms with Gasteiger partial charge in [0.05, 0.1) is 12.7 Å². The molecule has 4 heteroatoms. The van der Waals surface area contributed by atoms with Gasteiger partial charge in [-0.3, -0.25) is 0 Å². The molecule has 0 spiro atoms. The van der Waals surface area contributed by atoms with Crippen molar-refractivity contribution >= 4 is 6.20 Å². The lowest BCUT2D eigenvalue weighted by atomic mass is 9.98. The van der Waals surface area contributed by atoms with E-state index in [1.54, 1.807) is 0 Å². The minimum Gasteiger partial charge on any atom is -0.237 e. The SMILES string of the molecule is C=Cn1cc[n+](Cc2cc(CC(C)C)cc(C[n+]3ccn(CC(C)C)c3)c2)c1. The molecule has 0 aliphatic rings. The van der Waals surface area contributed by atoms with Crippen molar-refractivity contribution in [3.05, 3.63) is 78.9 Å². The lowest BCUT2D eigenvalue weighted by Gasteiger charge is -2.10. The van der Waals surface area contributed by atoms with Crippen LogP contribution in [-0.4, -0.2) is 9.13 Å². The summed E-state index contributed by atoms with van der Waals surface area (Å²) in [6.45, 7) is 15.7. The maximum Gasteiger partial charge on any atom is 0.248 e. The first-order valence-electron chi connectivity index (χ1n) is 10.3. The molecule has 1 aromatic carbocycles. The minimum absolute atomic E-state index is 0.650. The van der Waals surface area contributed by atoms with Crippen LogP contribution in [0.3, 0.4) is 0 Å². The zero-order chi connectivity index (χ0) is 20.1. The van der Waals surface area contributed by atoms with E-state index in [4.69, 9.17) is 0 Å². The normalized spacial score (nSPS) is 11.5. The summed E-state index contributed by atoms with van der Waals surface area (Å²) in [6, 6.07) is 7.07. The van der Waals surface area contributed by atoms with Crippen molar-refractivity contribution in [2.45, 2.75) is 53.8 Å². The van der Waals surface area contributed by atoms with Crippen LogP contribution in [0.25, 0.3) is 6.20 Å². The molecule has 0 saturated heterocycles. The summed E-state index contributed by atoms with van der Waals surface area (Å²) in [5.41, 5.74) is 4.14. The van der Waals surface area contributed by atoms with Crippen LogP contribution in [0.4, 0.5) is 0 Å². The van der Waals surface area contributed by atoms with E-state index in [1.165, 1.54) is 16.7 Å². The van der Waals surface area contributed by atoms with Crippen molar-refractivity contribution < 1.29 is 9.13 Å². The van der Waals surface area contributed by atoms with Gasteiger partial charge in [0.15, 0.2) is 0 Å². The van der Waals surface area contributed by atoms with Crippen molar-refractivity contribution in [3.63, 3.8) is 0 Å². The van der Waals surface area contributed by atoms with Gasteiger partial charge in [0.1, 0.15) is 37.9 Å². The second-order valence-electron chi connectivity index (χ2n) is 8.65. The highest BCUT2D eigenvalue weighted by molar-refractivity contribution is 5.30. The van der Waals surface area contributed by atoms with Crippen LogP contribution in [0, 0.1) is 11.8 Å². The third-order valence-electron chi connectivity index (χ3n) is 4.73. The van der Waals surface area contributed by atoms with Crippen LogP contribution < -0.4 is 9.13 Å². The van der Waals surface area contributed by atoms with Gasteiger partial charge in [-0.15, -0.1) is 0 Å². The largest absolute Gasteiger partial charge is 0.248 e. The van der Waals surface area contributed by atoms with Gasteiger partial charge in [-0.25, -0.2) is 18.3 Å². The highest BCUT2D eigenvalue weighted by Gasteiger charge is 2.11. The van der Waals surface area contributed by atoms with E-state index < -0.39 is 0 Å². The number of hydrogen-bond acceptors (Lipinski definition) is 0. The summed E-state index contributed by atoms with van der Waals surface area (Å²) in [7, 11) is 0. The number of hydrogen-bond donors (Lipinski definition) is 0. The first-order chi connectivity index (χ1) is 13.4. The van der Waals surface area contributed by atoms with Gasteiger partial charge in [-0.05, 0) is 41.0 Å². The molecule has 2 heterocycles. The van der Waals surface area contributed by atoms with Crippen LogP contribution in [0.2, 0.25) is 0 Å². The molecule has 0 aliphatic heterocycles. The lowest BCUT2D eigenvalue weighted by molar-refractivity contribution is -0.688. The third kappa shape index (κ3) is 5.69. The molecular weight excluding hydrogens is 344 g/mol. The monoisotopic (exact) mass is 378 g/mol. The minimum atomic E-state index is 0.650. The zero-order valence-corrected chi connectivity index (χ0v) is 17.8. The Morgan fingerprint density at radius 2 is 1.46 bits per heavy atom. The molecule has 0 bridgehead atoms. The average molecular weight is 379 g/mol. The Morgan fingerprint density at radius 3 is 2.04 bits per heavy atom. The fraction of sp³-hybridized carbons (Fsp3) is 0.417. The molecule has 0 N–H and O–H groups in total. The van der Waals surface area contributed by atoms with E-state index in [2.05, 4.69) is 97.4 Å². The fourth-order valence-electron chi connectivity index (χ4n) is 3.71. The van der Waals surface area contributed by atoms with Crippen molar-refractivity contribution in [2.24, 2.45) is 11.8 Å². The Kier molecular flexibility index (Phi) is 6.50. The molecule has 0 aliphatic carbocycles. The Morgan fingerprint density at radius 1 is 0.857 bits per heavy atom. The number of rotatable bonds is 9. The van der Waals surface area contributed by atoms with Crippen molar-refractivity contribution in [3.8, 4) is 0 Å². The highest BCUT2D eigenvalue weighted by Crippen LogP contribution is 2.15. The molecular formula is C24H34N4+2. The summed E-state index contributed by atoms with van der Waals surface area (Å²) in [5, 5.41) is 0. The second kappa shape index (κ2) is 9.05. The van der Waals surface area contributed by atoms with E-state index in [-0.39, 0.29) is 0 Å². The van der Waals surface area contributed by atoms with Crippen LogP contribution in [0.15, 0.2) is 62.2 Å². The summed E-state index contributed by atoms with van der Waals surface area (Å²) in [6.07, 6.45) is 15.7. The van der Waals surface area contributed by atoms with Gasteiger partial charge in [0.2, 0.25) is 12.7 Å².